The van der Waals surface area contributed by atoms with Crippen LogP contribution in [0.4, 0.5) is 0 Å². The van der Waals surface area contributed by atoms with E-state index in [0.29, 0.717) is 23.4 Å². The summed E-state index contributed by atoms with van der Waals surface area (Å²) in [6.07, 6.45) is 11.9. The minimum absolute atomic E-state index is 0.303. The molecule has 0 N–H and O–H groups in total. The molecule has 0 amide bonds. The Kier molecular flexibility index (Phi) is 7.45. The molecule has 156 valence electrons. The highest BCUT2D eigenvalue weighted by molar-refractivity contribution is 5.29. The summed E-state index contributed by atoms with van der Waals surface area (Å²) in [5.41, 5.74) is 3.16. The van der Waals surface area contributed by atoms with E-state index in [4.69, 9.17) is 14.2 Å². The highest BCUT2D eigenvalue weighted by Gasteiger charge is 2.52. The molecule has 0 unspecified atom stereocenters. The van der Waals surface area contributed by atoms with Gasteiger partial charge in [0.05, 0.1) is 26.6 Å². The lowest BCUT2D eigenvalue weighted by atomic mass is 9.61. The second kappa shape index (κ2) is 9.82. The van der Waals surface area contributed by atoms with Crippen molar-refractivity contribution < 1.29 is 14.2 Å². The number of hydrogen-bond donors (Lipinski definition) is 0. The summed E-state index contributed by atoms with van der Waals surface area (Å²) in [6, 6.07) is 8.51. The molecule has 4 atom stereocenters. The molecule has 2 aliphatic rings. The fourth-order valence-electron chi connectivity index (χ4n) is 5.57. The average molecular weight is 387 g/mol. The smallest absolute Gasteiger partial charge is 0.119 e. The zero-order chi connectivity index (χ0) is 20.0. The van der Waals surface area contributed by atoms with Crippen LogP contribution in [-0.4, -0.2) is 26.9 Å². The number of unbranched alkanes of at least 4 members (excludes halogenated alkanes) is 1. The van der Waals surface area contributed by atoms with Crippen molar-refractivity contribution in [2.45, 2.75) is 71.3 Å². The van der Waals surface area contributed by atoms with Crippen molar-refractivity contribution in [1.82, 2.24) is 0 Å². The van der Waals surface area contributed by atoms with Crippen LogP contribution in [0, 0.1) is 17.3 Å². The van der Waals surface area contributed by atoms with Crippen LogP contribution in [0.5, 0.6) is 5.75 Å². The Morgan fingerprint density at radius 2 is 2.07 bits per heavy atom. The molecule has 2 fully saturated rings. The first-order valence-electron chi connectivity index (χ1n) is 11.1. The van der Waals surface area contributed by atoms with Gasteiger partial charge in [0.1, 0.15) is 5.75 Å². The highest BCUT2D eigenvalue weighted by Crippen LogP contribution is 2.58. The topological polar surface area (TPSA) is 27.7 Å². The van der Waals surface area contributed by atoms with Gasteiger partial charge in [-0.15, -0.1) is 0 Å². The van der Waals surface area contributed by atoms with Crippen LogP contribution in [-0.2, 0) is 15.9 Å². The molecule has 3 rings (SSSR count). The van der Waals surface area contributed by atoms with Crippen molar-refractivity contribution in [1.29, 1.82) is 0 Å². The molecular formula is C25H38O3. The Labute approximate surface area is 171 Å². The predicted octanol–water partition coefficient (Wildman–Crippen LogP) is 6.17. The summed E-state index contributed by atoms with van der Waals surface area (Å²) in [6.45, 7) is 5.64. The fraction of sp³-hybridized carbons (Fsp3) is 0.680. The molecule has 0 aromatic heterocycles. The van der Waals surface area contributed by atoms with Gasteiger partial charge in [0, 0.05) is 6.61 Å². The van der Waals surface area contributed by atoms with E-state index in [1.54, 1.807) is 14.2 Å². The number of hydrogen-bond acceptors (Lipinski definition) is 3. The van der Waals surface area contributed by atoms with Crippen LogP contribution in [0.15, 0.2) is 36.1 Å². The van der Waals surface area contributed by atoms with Crippen molar-refractivity contribution in [3.8, 4) is 5.75 Å². The van der Waals surface area contributed by atoms with Crippen LogP contribution in [0.1, 0.15) is 64.4 Å². The van der Waals surface area contributed by atoms with E-state index in [1.807, 2.05) is 12.3 Å². The molecule has 2 saturated carbocycles. The third-order valence-corrected chi connectivity index (χ3v) is 7.20. The molecule has 2 aliphatic carbocycles. The molecule has 1 aromatic rings. The van der Waals surface area contributed by atoms with Crippen LogP contribution >= 0.6 is 0 Å². The van der Waals surface area contributed by atoms with E-state index >= 15 is 0 Å². The molecule has 0 saturated heterocycles. The molecule has 0 bridgehead atoms. The van der Waals surface area contributed by atoms with Crippen LogP contribution in [0.2, 0.25) is 0 Å². The molecule has 0 aliphatic heterocycles. The van der Waals surface area contributed by atoms with E-state index in [2.05, 4.69) is 32.0 Å². The molecule has 3 heteroatoms. The van der Waals surface area contributed by atoms with Gasteiger partial charge in [-0.3, -0.25) is 0 Å². The third-order valence-electron chi connectivity index (χ3n) is 7.20. The molecule has 0 heterocycles. The Morgan fingerprint density at radius 3 is 2.82 bits per heavy atom. The number of ether oxygens (including phenoxy) is 3. The highest BCUT2D eigenvalue weighted by atomic mass is 16.5. The Bertz CT molecular complexity index is 653. The number of rotatable bonds is 9. The predicted molar refractivity (Wildman–Crippen MR) is 115 cm³/mol. The maximum Gasteiger partial charge on any atom is 0.119 e. The lowest BCUT2D eigenvalue weighted by molar-refractivity contribution is -0.0495. The van der Waals surface area contributed by atoms with Crippen molar-refractivity contribution >= 4 is 0 Å². The third kappa shape index (κ3) is 4.56. The average Bonchev–Trinajstić information content (AvgIpc) is 3.04. The number of allylic oxidation sites excluding steroid dienone is 1. The summed E-state index contributed by atoms with van der Waals surface area (Å²) < 4.78 is 17.3. The molecule has 0 spiro atoms. The summed E-state index contributed by atoms with van der Waals surface area (Å²) in [5, 5.41) is 0. The Balaban J connectivity index is 1.73. The van der Waals surface area contributed by atoms with Crippen LogP contribution < -0.4 is 4.74 Å². The van der Waals surface area contributed by atoms with E-state index in [0.717, 1.165) is 25.2 Å². The summed E-state index contributed by atoms with van der Waals surface area (Å²) in [7, 11) is 3.52. The fourth-order valence-corrected chi connectivity index (χ4v) is 5.57. The van der Waals surface area contributed by atoms with Crippen molar-refractivity contribution in [2.24, 2.45) is 17.3 Å². The first kappa shape index (κ1) is 21.2. The second-order valence-electron chi connectivity index (χ2n) is 8.83. The number of fused-ring (bicyclic) bond motifs is 1. The summed E-state index contributed by atoms with van der Waals surface area (Å²) >= 11 is 0. The van der Waals surface area contributed by atoms with Gasteiger partial charge in [-0.1, -0.05) is 32.4 Å². The molecule has 0 radical (unpaired) electrons. The Morgan fingerprint density at radius 1 is 1.21 bits per heavy atom. The molecule has 3 nitrogen and oxygen atoms in total. The van der Waals surface area contributed by atoms with Crippen LogP contribution in [0.3, 0.4) is 0 Å². The number of aryl methyl sites for hydroxylation is 1. The minimum atomic E-state index is 0.303. The van der Waals surface area contributed by atoms with E-state index in [-0.39, 0.29) is 0 Å². The van der Waals surface area contributed by atoms with Crippen LogP contribution in [0.25, 0.3) is 0 Å². The van der Waals surface area contributed by atoms with Gasteiger partial charge >= 0.3 is 0 Å². The van der Waals surface area contributed by atoms with Gasteiger partial charge in [0.2, 0.25) is 0 Å². The Hall–Kier alpha value is -1.48. The van der Waals surface area contributed by atoms with E-state index in [9.17, 15) is 0 Å². The quantitative estimate of drug-likeness (QED) is 0.375. The van der Waals surface area contributed by atoms with Crippen molar-refractivity contribution in [3.05, 3.63) is 41.7 Å². The monoisotopic (exact) mass is 386 g/mol. The zero-order valence-electron chi connectivity index (χ0n) is 18.2. The SMILES string of the molecule is CCCCO[C@H]1CC[C@H]2[C@H](CCc3cccc(OC)c3)/C(=C/OC)CC[C@]12C. The summed E-state index contributed by atoms with van der Waals surface area (Å²) in [4.78, 5) is 0. The molecular weight excluding hydrogens is 348 g/mol. The second-order valence-corrected chi connectivity index (χ2v) is 8.83. The largest absolute Gasteiger partial charge is 0.504 e. The first-order chi connectivity index (χ1) is 13.6. The summed E-state index contributed by atoms with van der Waals surface area (Å²) in [5.74, 6) is 2.23. The van der Waals surface area contributed by atoms with Gasteiger partial charge in [-0.2, -0.15) is 0 Å². The first-order valence-corrected chi connectivity index (χ1v) is 11.1. The number of benzene rings is 1. The normalized spacial score (nSPS) is 31.0. The van der Waals surface area contributed by atoms with E-state index in [1.165, 1.54) is 49.7 Å². The van der Waals surface area contributed by atoms with Gasteiger partial charge in [-0.05, 0) is 85.5 Å². The van der Waals surface area contributed by atoms with E-state index < -0.39 is 0 Å². The van der Waals surface area contributed by atoms with Gasteiger partial charge in [-0.25, -0.2) is 0 Å². The lowest BCUT2D eigenvalue weighted by Gasteiger charge is -2.46. The minimum Gasteiger partial charge on any atom is -0.504 e. The molecule has 1 aromatic carbocycles. The standard InChI is InChI=1S/C25H38O3/c1-5-6-16-28-24-13-12-23-22(20(18-26-3)14-15-25(23,24)2)11-10-19-8-7-9-21(17-19)27-4/h7-9,17-18,22-24H,5-6,10-16H2,1-4H3/b20-18+/t22-,23+,24+,25+/m1/s1. The molecule has 28 heavy (non-hydrogen) atoms. The van der Waals surface area contributed by atoms with Gasteiger partial charge in [0.15, 0.2) is 0 Å². The number of methoxy groups -OCH3 is 2. The lowest BCUT2D eigenvalue weighted by Crippen LogP contribution is -2.42. The zero-order valence-corrected chi connectivity index (χ0v) is 18.2. The van der Waals surface area contributed by atoms with Crippen molar-refractivity contribution in [3.63, 3.8) is 0 Å². The maximum absolute atomic E-state index is 6.39. The van der Waals surface area contributed by atoms with Gasteiger partial charge < -0.3 is 14.2 Å². The maximum atomic E-state index is 6.39. The van der Waals surface area contributed by atoms with Crippen molar-refractivity contribution in [2.75, 3.05) is 20.8 Å². The van der Waals surface area contributed by atoms with Gasteiger partial charge in [0.25, 0.3) is 0 Å².